The molecule has 0 radical (unpaired) electrons. The SMILES string of the molecule is CC1C(=O)N(c2ccc(F)cc2)N=C1c1cccnc1. The van der Waals surface area contributed by atoms with Gasteiger partial charge in [-0.1, -0.05) is 0 Å². The van der Waals surface area contributed by atoms with Gasteiger partial charge in [-0.05, 0) is 43.3 Å². The largest absolute Gasteiger partial charge is 0.272 e. The Hall–Kier alpha value is -2.56. The lowest BCUT2D eigenvalue weighted by molar-refractivity contribution is -0.119. The van der Waals surface area contributed by atoms with Crippen LogP contribution in [-0.4, -0.2) is 16.6 Å². The quantitative estimate of drug-likeness (QED) is 0.841. The Morgan fingerprint density at radius 3 is 2.60 bits per heavy atom. The van der Waals surface area contributed by atoms with Crippen LogP contribution >= 0.6 is 0 Å². The molecule has 5 heteroatoms. The first kappa shape index (κ1) is 12.5. The van der Waals surface area contributed by atoms with Crippen molar-refractivity contribution in [2.24, 2.45) is 11.0 Å². The Labute approximate surface area is 115 Å². The van der Waals surface area contributed by atoms with E-state index in [4.69, 9.17) is 0 Å². The molecule has 0 N–H and O–H groups in total. The average Bonchev–Trinajstić information content (AvgIpc) is 2.77. The second-order valence-electron chi connectivity index (χ2n) is 4.58. The number of hydrazone groups is 1. The number of hydrogen-bond donors (Lipinski definition) is 0. The molecule has 1 aliphatic heterocycles. The number of aromatic nitrogens is 1. The van der Waals surface area contributed by atoms with Gasteiger partial charge in [-0.15, -0.1) is 0 Å². The fourth-order valence-corrected chi connectivity index (χ4v) is 2.13. The zero-order valence-corrected chi connectivity index (χ0v) is 10.8. The van der Waals surface area contributed by atoms with Crippen LogP contribution in [0.5, 0.6) is 0 Å². The Kier molecular flexibility index (Phi) is 3.02. The lowest BCUT2D eigenvalue weighted by Gasteiger charge is -2.12. The van der Waals surface area contributed by atoms with Gasteiger partial charge in [-0.2, -0.15) is 10.1 Å². The average molecular weight is 269 g/mol. The minimum absolute atomic E-state index is 0.129. The summed E-state index contributed by atoms with van der Waals surface area (Å²) in [5.41, 5.74) is 2.05. The number of nitrogens with zero attached hydrogens (tertiary/aromatic N) is 3. The maximum Gasteiger partial charge on any atom is 0.256 e. The van der Waals surface area contributed by atoms with Gasteiger partial charge in [0.05, 0.1) is 17.3 Å². The van der Waals surface area contributed by atoms with E-state index in [2.05, 4.69) is 10.1 Å². The second kappa shape index (κ2) is 4.85. The lowest BCUT2D eigenvalue weighted by atomic mass is 10.0. The first-order chi connectivity index (χ1) is 9.66. The normalized spacial score (nSPS) is 18.3. The highest BCUT2D eigenvalue weighted by molar-refractivity contribution is 6.21. The summed E-state index contributed by atoms with van der Waals surface area (Å²) in [6.07, 6.45) is 3.35. The third-order valence-corrected chi connectivity index (χ3v) is 3.23. The Bertz CT molecular complexity index is 667. The molecule has 2 heterocycles. The number of anilines is 1. The maximum atomic E-state index is 12.9. The predicted molar refractivity (Wildman–Crippen MR) is 73.8 cm³/mol. The molecule has 0 bridgehead atoms. The Balaban J connectivity index is 1.99. The van der Waals surface area contributed by atoms with Gasteiger partial charge in [0, 0.05) is 18.0 Å². The number of carbonyl (C=O) groups is 1. The van der Waals surface area contributed by atoms with Crippen molar-refractivity contribution in [2.45, 2.75) is 6.92 Å². The van der Waals surface area contributed by atoms with Crippen molar-refractivity contribution in [2.75, 3.05) is 5.01 Å². The van der Waals surface area contributed by atoms with Crippen molar-refractivity contribution in [3.63, 3.8) is 0 Å². The van der Waals surface area contributed by atoms with E-state index in [-0.39, 0.29) is 17.6 Å². The predicted octanol–water partition coefficient (Wildman–Crippen LogP) is 2.61. The highest BCUT2D eigenvalue weighted by atomic mass is 19.1. The van der Waals surface area contributed by atoms with Crippen LogP contribution < -0.4 is 5.01 Å². The van der Waals surface area contributed by atoms with Crippen LogP contribution in [-0.2, 0) is 4.79 Å². The number of carbonyl (C=O) groups excluding carboxylic acids is 1. The molecule has 20 heavy (non-hydrogen) atoms. The highest BCUT2D eigenvalue weighted by Crippen LogP contribution is 2.26. The number of halogens is 1. The van der Waals surface area contributed by atoms with Crippen molar-refractivity contribution in [1.82, 2.24) is 4.98 Å². The summed E-state index contributed by atoms with van der Waals surface area (Å²) in [6.45, 7) is 1.80. The molecular formula is C15H12FN3O. The molecular weight excluding hydrogens is 257 g/mol. The molecule has 0 saturated heterocycles. The molecule has 1 aliphatic rings. The van der Waals surface area contributed by atoms with Crippen LogP contribution in [0.1, 0.15) is 12.5 Å². The van der Waals surface area contributed by atoms with E-state index < -0.39 is 0 Å². The lowest BCUT2D eigenvalue weighted by Crippen LogP contribution is -2.25. The molecule has 1 atom stereocenters. The van der Waals surface area contributed by atoms with Gasteiger partial charge < -0.3 is 0 Å². The number of hydrogen-bond acceptors (Lipinski definition) is 3. The van der Waals surface area contributed by atoms with Gasteiger partial charge in [-0.3, -0.25) is 9.78 Å². The van der Waals surface area contributed by atoms with E-state index >= 15 is 0 Å². The zero-order chi connectivity index (χ0) is 14.1. The van der Waals surface area contributed by atoms with Crippen LogP contribution in [0.2, 0.25) is 0 Å². The molecule has 0 spiro atoms. The van der Waals surface area contributed by atoms with Gasteiger partial charge in [0.1, 0.15) is 5.82 Å². The Morgan fingerprint density at radius 1 is 1.20 bits per heavy atom. The van der Waals surface area contributed by atoms with E-state index in [1.165, 1.54) is 29.3 Å². The van der Waals surface area contributed by atoms with Gasteiger partial charge in [0.2, 0.25) is 0 Å². The number of rotatable bonds is 2. The van der Waals surface area contributed by atoms with Gasteiger partial charge >= 0.3 is 0 Å². The van der Waals surface area contributed by atoms with Crippen LogP contribution in [0.4, 0.5) is 10.1 Å². The van der Waals surface area contributed by atoms with Crippen molar-refractivity contribution in [1.29, 1.82) is 0 Å². The standard InChI is InChI=1S/C15H12FN3O/c1-10-14(11-3-2-8-17-9-11)18-19(15(10)20)13-6-4-12(16)5-7-13/h2-10H,1H3. The van der Waals surface area contributed by atoms with Crippen LogP contribution in [0.3, 0.4) is 0 Å². The zero-order valence-electron chi connectivity index (χ0n) is 10.8. The topological polar surface area (TPSA) is 45.6 Å². The molecule has 0 saturated carbocycles. The molecule has 2 aromatic rings. The summed E-state index contributed by atoms with van der Waals surface area (Å²) in [5.74, 6) is -0.815. The van der Waals surface area contributed by atoms with E-state index in [0.717, 1.165) is 5.56 Å². The molecule has 1 aromatic carbocycles. The smallest absolute Gasteiger partial charge is 0.256 e. The minimum atomic E-state index is -0.343. The molecule has 0 fully saturated rings. The summed E-state index contributed by atoms with van der Waals surface area (Å²) in [6, 6.07) is 9.36. The maximum absolute atomic E-state index is 12.9. The van der Waals surface area contributed by atoms with Crippen molar-refractivity contribution in [3.05, 3.63) is 60.2 Å². The fraction of sp³-hybridized carbons (Fsp3) is 0.133. The molecule has 1 aromatic heterocycles. The molecule has 3 rings (SSSR count). The molecule has 0 aliphatic carbocycles. The first-order valence-corrected chi connectivity index (χ1v) is 6.25. The van der Waals surface area contributed by atoms with E-state index in [9.17, 15) is 9.18 Å². The van der Waals surface area contributed by atoms with E-state index in [1.807, 2.05) is 6.07 Å². The molecule has 100 valence electrons. The van der Waals surface area contributed by atoms with Gasteiger partial charge in [0.15, 0.2) is 0 Å². The van der Waals surface area contributed by atoms with Crippen molar-refractivity contribution in [3.8, 4) is 0 Å². The highest BCUT2D eigenvalue weighted by Gasteiger charge is 2.33. The van der Waals surface area contributed by atoms with E-state index in [0.29, 0.717) is 11.4 Å². The van der Waals surface area contributed by atoms with Crippen LogP contribution in [0, 0.1) is 11.7 Å². The molecule has 1 unspecified atom stereocenters. The molecule has 4 nitrogen and oxygen atoms in total. The Morgan fingerprint density at radius 2 is 1.95 bits per heavy atom. The van der Waals surface area contributed by atoms with E-state index in [1.54, 1.807) is 25.4 Å². The summed E-state index contributed by atoms with van der Waals surface area (Å²) < 4.78 is 12.9. The van der Waals surface area contributed by atoms with Crippen molar-refractivity contribution >= 4 is 17.3 Å². The molecule has 1 amide bonds. The summed E-state index contributed by atoms with van der Waals surface area (Å²) in [7, 11) is 0. The van der Waals surface area contributed by atoms with Crippen LogP contribution in [0.15, 0.2) is 53.9 Å². The minimum Gasteiger partial charge on any atom is -0.272 e. The van der Waals surface area contributed by atoms with Gasteiger partial charge in [-0.25, -0.2) is 4.39 Å². The third-order valence-electron chi connectivity index (χ3n) is 3.23. The number of benzene rings is 1. The summed E-state index contributed by atoms with van der Waals surface area (Å²) >= 11 is 0. The van der Waals surface area contributed by atoms with Crippen LogP contribution in [0.25, 0.3) is 0 Å². The van der Waals surface area contributed by atoms with Gasteiger partial charge in [0.25, 0.3) is 5.91 Å². The summed E-state index contributed by atoms with van der Waals surface area (Å²) in [4.78, 5) is 16.3. The fourth-order valence-electron chi connectivity index (χ4n) is 2.13. The second-order valence-corrected chi connectivity index (χ2v) is 4.58. The number of pyridine rings is 1. The summed E-state index contributed by atoms with van der Waals surface area (Å²) in [5, 5.41) is 5.67. The van der Waals surface area contributed by atoms with Crippen molar-refractivity contribution < 1.29 is 9.18 Å². The first-order valence-electron chi connectivity index (χ1n) is 6.25. The third kappa shape index (κ3) is 2.07. The monoisotopic (exact) mass is 269 g/mol. The number of amides is 1.